The lowest BCUT2D eigenvalue weighted by atomic mass is 10.2. The molecule has 0 radical (unpaired) electrons. The number of amides is 1. The van der Waals surface area contributed by atoms with Crippen LogP contribution in [0.5, 0.6) is 0 Å². The third-order valence-corrected chi connectivity index (χ3v) is 4.67. The number of nitrogens with two attached hydrogens (primary N) is 1. The molecule has 1 saturated heterocycles. The lowest BCUT2D eigenvalue weighted by molar-refractivity contribution is 0.0771. The summed E-state index contributed by atoms with van der Waals surface area (Å²) in [5, 5.41) is 0. The number of nitrogens with zero attached hydrogens (tertiary/aromatic N) is 1. The zero-order chi connectivity index (χ0) is 12.4. The fraction of sp³-hybridized carbons (Fsp3) is 0.364. The second-order valence-electron chi connectivity index (χ2n) is 3.88. The molecule has 1 aliphatic heterocycles. The average molecular weight is 317 g/mol. The van der Waals surface area contributed by atoms with Gasteiger partial charge in [-0.15, -0.1) is 0 Å². The number of nitrogen functional groups attached to an aromatic ring is 1. The molecule has 1 aromatic carbocycles. The Kier molecular flexibility index (Phi) is 3.83. The highest BCUT2D eigenvalue weighted by atomic mass is 79.9. The molecule has 0 unspecified atom stereocenters. The second kappa shape index (κ2) is 5.18. The molecule has 17 heavy (non-hydrogen) atoms. The molecule has 0 saturated carbocycles. The van der Waals surface area contributed by atoms with Crippen LogP contribution in [0.2, 0.25) is 0 Å². The Hall–Kier alpha value is -0.880. The smallest absolute Gasteiger partial charge is 0.253 e. The van der Waals surface area contributed by atoms with Crippen molar-refractivity contribution < 1.29 is 9.00 Å². The first-order valence-corrected chi connectivity index (χ1v) is 7.55. The van der Waals surface area contributed by atoms with Crippen LogP contribution in [0.25, 0.3) is 0 Å². The van der Waals surface area contributed by atoms with Crippen molar-refractivity contribution in [2.45, 2.75) is 0 Å². The van der Waals surface area contributed by atoms with Crippen LogP contribution in [-0.4, -0.2) is 39.6 Å². The minimum atomic E-state index is -0.765. The van der Waals surface area contributed by atoms with Gasteiger partial charge in [0.1, 0.15) is 0 Å². The van der Waals surface area contributed by atoms with E-state index in [0.717, 1.165) is 4.47 Å². The normalized spacial score (nSPS) is 17.1. The molecule has 0 bridgehead atoms. The maximum Gasteiger partial charge on any atom is 0.253 e. The van der Waals surface area contributed by atoms with Gasteiger partial charge in [-0.05, 0) is 34.1 Å². The molecule has 2 N–H and O–H groups in total. The molecule has 1 aromatic rings. The number of anilines is 1. The largest absolute Gasteiger partial charge is 0.398 e. The summed E-state index contributed by atoms with van der Waals surface area (Å²) in [5.41, 5.74) is 6.90. The fourth-order valence-corrected chi connectivity index (χ4v) is 3.11. The van der Waals surface area contributed by atoms with Crippen LogP contribution in [0.4, 0.5) is 5.69 Å². The Morgan fingerprint density at radius 2 is 2.00 bits per heavy atom. The Morgan fingerprint density at radius 3 is 2.59 bits per heavy atom. The summed E-state index contributed by atoms with van der Waals surface area (Å²) in [4.78, 5) is 13.9. The molecule has 1 fully saturated rings. The second-order valence-corrected chi connectivity index (χ2v) is 6.43. The van der Waals surface area contributed by atoms with Crippen molar-refractivity contribution in [3.8, 4) is 0 Å². The van der Waals surface area contributed by atoms with Gasteiger partial charge in [-0.25, -0.2) is 0 Å². The molecule has 0 aliphatic carbocycles. The van der Waals surface area contributed by atoms with Gasteiger partial charge < -0.3 is 10.6 Å². The van der Waals surface area contributed by atoms with Crippen molar-refractivity contribution in [2.75, 3.05) is 30.3 Å². The molecule has 0 aromatic heterocycles. The molecule has 1 amide bonds. The van der Waals surface area contributed by atoms with Crippen LogP contribution in [0.15, 0.2) is 22.7 Å². The number of rotatable bonds is 1. The first-order chi connectivity index (χ1) is 8.08. The van der Waals surface area contributed by atoms with E-state index in [1.165, 1.54) is 0 Å². The Bertz CT molecular complexity index is 469. The van der Waals surface area contributed by atoms with Gasteiger partial charge in [-0.3, -0.25) is 9.00 Å². The Balaban J connectivity index is 2.14. The minimum absolute atomic E-state index is 0.0256. The Morgan fingerprint density at radius 1 is 1.35 bits per heavy atom. The van der Waals surface area contributed by atoms with E-state index in [-0.39, 0.29) is 5.91 Å². The van der Waals surface area contributed by atoms with Crippen molar-refractivity contribution in [1.82, 2.24) is 4.90 Å². The monoisotopic (exact) mass is 316 g/mol. The average Bonchev–Trinajstić information content (AvgIpc) is 2.33. The van der Waals surface area contributed by atoms with Crippen molar-refractivity contribution in [3.05, 3.63) is 28.2 Å². The maximum absolute atomic E-state index is 12.1. The van der Waals surface area contributed by atoms with E-state index in [1.807, 2.05) is 0 Å². The predicted molar refractivity (Wildman–Crippen MR) is 72.3 cm³/mol. The first kappa shape index (κ1) is 12.6. The third kappa shape index (κ3) is 2.87. The summed E-state index contributed by atoms with van der Waals surface area (Å²) in [6.07, 6.45) is 0. The van der Waals surface area contributed by atoms with Gasteiger partial charge in [0.25, 0.3) is 5.91 Å². The fourth-order valence-electron chi connectivity index (χ4n) is 1.68. The molecular weight excluding hydrogens is 304 g/mol. The van der Waals surface area contributed by atoms with Gasteiger partial charge in [0.05, 0.1) is 0 Å². The molecule has 92 valence electrons. The lowest BCUT2D eigenvalue weighted by Crippen LogP contribution is -2.41. The predicted octanol–water partition coefficient (Wildman–Crippen LogP) is 1.24. The number of halogens is 1. The number of hydrogen-bond acceptors (Lipinski definition) is 3. The highest BCUT2D eigenvalue weighted by Crippen LogP contribution is 2.21. The molecule has 1 aliphatic rings. The molecule has 1 heterocycles. The van der Waals surface area contributed by atoms with Crippen molar-refractivity contribution in [3.63, 3.8) is 0 Å². The van der Waals surface area contributed by atoms with Crippen molar-refractivity contribution in [1.29, 1.82) is 0 Å². The number of carbonyl (C=O) groups excluding carboxylic acids is 1. The summed E-state index contributed by atoms with van der Waals surface area (Å²) in [6.45, 7) is 1.13. The topological polar surface area (TPSA) is 63.4 Å². The molecule has 2 rings (SSSR count). The third-order valence-electron chi connectivity index (χ3n) is 2.71. The van der Waals surface area contributed by atoms with Crippen molar-refractivity contribution in [2.24, 2.45) is 0 Å². The van der Waals surface area contributed by atoms with Crippen LogP contribution in [-0.2, 0) is 10.8 Å². The van der Waals surface area contributed by atoms with E-state index in [9.17, 15) is 9.00 Å². The quantitative estimate of drug-likeness (QED) is 0.793. The van der Waals surface area contributed by atoms with Gasteiger partial charge in [0, 0.05) is 51.1 Å². The standard InChI is InChI=1S/C11H13BrN2O2S/c12-9-7-8(1-2-10(9)13)11(15)14-3-5-17(16)6-4-14/h1-2,7H,3-6,13H2. The van der Waals surface area contributed by atoms with Crippen LogP contribution in [0, 0.1) is 0 Å². The molecule has 4 nitrogen and oxygen atoms in total. The highest BCUT2D eigenvalue weighted by molar-refractivity contribution is 9.10. The van der Waals surface area contributed by atoms with E-state index in [0.29, 0.717) is 35.8 Å². The first-order valence-electron chi connectivity index (χ1n) is 5.27. The van der Waals surface area contributed by atoms with Crippen LogP contribution >= 0.6 is 15.9 Å². The van der Waals surface area contributed by atoms with E-state index >= 15 is 0 Å². The molecular formula is C11H13BrN2O2S. The highest BCUT2D eigenvalue weighted by Gasteiger charge is 2.21. The van der Waals surface area contributed by atoms with E-state index in [1.54, 1.807) is 23.1 Å². The number of hydrogen-bond donors (Lipinski definition) is 1. The SMILES string of the molecule is Nc1ccc(C(=O)N2CCS(=O)CC2)cc1Br. The lowest BCUT2D eigenvalue weighted by Gasteiger charge is -2.26. The Labute approximate surface area is 111 Å². The van der Waals surface area contributed by atoms with Crippen LogP contribution in [0.3, 0.4) is 0 Å². The summed E-state index contributed by atoms with van der Waals surface area (Å²) < 4.78 is 11.9. The van der Waals surface area contributed by atoms with Crippen LogP contribution in [0.1, 0.15) is 10.4 Å². The van der Waals surface area contributed by atoms with Crippen LogP contribution < -0.4 is 5.73 Å². The maximum atomic E-state index is 12.1. The summed E-state index contributed by atoms with van der Waals surface area (Å²) >= 11 is 3.30. The van der Waals surface area contributed by atoms with Gasteiger partial charge in [-0.2, -0.15) is 0 Å². The van der Waals surface area contributed by atoms with E-state index in [4.69, 9.17) is 5.73 Å². The van der Waals surface area contributed by atoms with E-state index in [2.05, 4.69) is 15.9 Å². The van der Waals surface area contributed by atoms with Gasteiger partial charge in [-0.1, -0.05) is 0 Å². The summed E-state index contributed by atoms with van der Waals surface area (Å²) in [6, 6.07) is 5.15. The van der Waals surface area contributed by atoms with Crippen molar-refractivity contribution >= 4 is 38.3 Å². The molecule has 0 spiro atoms. The number of carbonyl (C=O) groups is 1. The zero-order valence-electron chi connectivity index (χ0n) is 9.19. The van der Waals surface area contributed by atoms with Gasteiger partial charge >= 0.3 is 0 Å². The number of benzene rings is 1. The minimum Gasteiger partial charge on any atom is -0.398 e. The van der Waals surface area contributed by atoms with Gasteiger partial charge in [0.2, 0.25) is 0 Å². The summed E-state index contributed by atoms with van der Waals surface area (Å²) in [7, 11) is -0.765. The van der Waals surface area contributed by atoms with Gasteiger partial charge in [0.15, 0.2) is 0 Å². The molecule has 0 atom stereocenters. The summed E-state index contributed by atoms with van der Waals surface area (Å²) in [5.74, 6) is 1.12. The molecule has 6 heteroatoms. The van der Waals surface area contributed by atoms with E-state index < -0.39 is 10.8 Å². The zero-order valence-corrected chi connectivity index (χ0v) is 11.6.